The first-order valence-corrected chi connectivity index (χ1v) is 6.81. The lowest BCUT2D eigenvalue weighted by Crippen LogP contribution is -2.11. The molecule has 0 atom stereocenters. The number of aromatic nitrogens is 1. The molecule has 1 N–H and O–H groups in total. The minimum Gasteiger partial charge on any atom is -0.311 e. The van der Waals surface area contributed by atoms with Crippen LogP contribution in [0.1, 0.15) is 18.2 Å². The summed E-state index contributed by atoms with van der Waals surface area (Å²) in [4.78, 5) is 4.20. The first kappa shape index (κ1) is 14.9. The van der Waals surface area contributed by atoms with Gasteiger partial charge in [0, 0.05) is 17.5 Å². The second-order valence-electron chi connectivity index (χ2n) is 4.15. The topological polar surface area (TPSA) is 24.9 Å². The van der Waals surface area contributed by atoms with Crippen LogP contribution in [0.4, 0.5) is 17.6 Å². The zero-order chi connectivity index (χ0) is 14.8. The van der Waals surface area contributed by atoms with E-state index in [1.165, 1.54) is 11.3 Å². The van der Waals surface area contributed by atoms with Gasteiger partial charge in [-0.1, -0.05) is 6.92 Å². The lowest BCUT2D eigenvalue weighted by Gasteiger charge is -2.08. The van der Waals surface area contributed by atoms with Gasteiger partial charge in [0.15, 0.2) is 0 Å². The molecule has 0 unspecified atom stereocenters. The standard InChI is InChI=1S/C13H12F4N2S/c1-2-18-6-11-7-20-12(19-11)8-3-9(13(15,16)17)5-10(14)4-8/h3-5,7,18H,2,6H2,1H3. The highest BCUT2D eigenvalue weighted by molar-refractivity contribution is 7.13. The summed E-state index contributed by atoms with van der Waals surface area (Å²) in [6.45, 7) is 3.24. The number of nitrogens with one attached hydrogen (secondary N) is 1. The predicted octanol–water partition coefficient (Wildman–Crippen LogP) is 4.08. The number of alkyl halides is 3. The van der Waals surface area contributed by atoms with Crippen LogP contribution in [0, 0.1) is 5.82 Å². The van der Waals surface area contributed by atoms with Crippen molar-refractivity contribution in [1.82, 2.24) is 10.3 Å². The number of rotatable bonds is 4. The molecule has 1 aromatic carbocycles. The van der Waals surface area contributed by atoms with Crippen molar-refractivity contribution in [1.29, 1.82) is 0 Å². The Morgan fingerprint density at radius 1 is 1.25 bits per heavy atom. The molecular weight excluding hydrogens is 292 g/mol. The third-order valence-electron chi connectivity index (χ3n) is 2.58. The van der Waals surface area contributed by atoms with Gasteiger partial charge < -0.3 is 5.32 Å². The van der Waals surface area contributed by atoms with E-state index in [1.807, 2.05) is 6.92 Å². The molecule has 0 bridgehead atoms. The molecule has 0 saturated heterocycles. The third-order valence-corrected chi connectivity index (χ3v) is 3.52. The van der Waals surface area contributed by atoms with Crippen LogP contribution in [0.3, 0.4) is 0 Å². The number of thiazole rings is 1. The van der Waals surface area contributed by atoms with Crippen molar-refractivity contribution in [2.45, 2.75) is 19.6 Å². The molecule has 2 aromatic rings. The van der Waals surface area contributed by atoms with Crippen molar-refractivity contribution in [2.24, 2.45) is 0 Å². The maximum Gasteiger partial charge on any atom is 0.416 e. The van der Waals surface area contributed by atoms with Crippen LogP contribution in [0.15, 0.2) is 23.6 Å². The molecule has 2 nitrogen and oxygen atoms in total. The Bertz CT molecular complexity index is 592. The summed E-state index contributed by atoms with van der Waals surface area (Å²) in [5.41, 5.74) is -0.134. The monoisotopic (exact) mass is 304 g/mol. The molecule has 1 heterocycles. The number of nitrogens with zero attached hydrogens (tertiary/aromatic N) is 1. The van der Waals surface area contributed by atoms with E-state index in [-0.39, 0.29) is 5.56 Å². The fourth-order valence-electron chi connectivity index (χ4n) is 1.65. The van der Waals surface area contributed by atoms with Crippen molar-refractivity contribution >= 4 is 11.3 Å². The van der Waals surface area contributed by atoms with Crippen LogP contribution >= 0.6 is 11.3 Å². The van der Waals surface area contributed by atoms with Gasteiger partial charge in [-0.3, -0.25) is 0 Å². The molecule has 0 aliphatic rings. The summed E-state index contributed by atoms with van der Waals surface area (Å²) in [5, 5.41) is 5.19. The van der Waals surface area contributed by atoms with Crippen molar-refractivity contribution in [3.05, 3.63) is 40.7 Å². The fraction of sp³-hybridized carbons (Fsp3) is 0.308. The fourth-order valence-corrected chi connectivity index (χ4v) is 2.46. The van der Waals surface area contributed by atoms with Gasteiger partial charge in [0.1, 0.15) is 10.8 Å². The highest BCUT2D eigenvalue weighted by Gasteiger charge is 2.31. The molecule has 20 heavy (non-hydrogen) atoms. The van der Waals surface area contributed by atoms with Gasteiger partial charge in [-0.2, -0.15) is 13.2 Å². The average molecular weight is 304 g/mol. The maximum atomic E-state index is 13.3. The largest absolute Gasteiger partial charge is 0.416 e. The summed E-state index contributed by atoms with van der Waals surface area (Å²) in [5.74, 6) is -0.918. The van der Waals surface area contributed by atoms with E-state index >= 15 is 0 Å². The summed E-state index contributed by atoms with van der Waals surface area (Å²) >= 11 is 1.20. The van der Waals surface area contributed by atoms with Gasteiger partial charge in [0.2, 0.25) is 0 Å². The maximum absolute atomic E-state index is 13.3. The van der Waals surface area contributed by atoms with Gasteiger partial charge in [0.25, 0.3) is 0 Å². The predicted molar refractivity (Wildman–Crippen MR) is 69.9 cm³/mol. The van der Waals surface area contributed by atoms with Crippen LogP contribution < -0.4 is 5.32 Å². The first-order valence-electron chi connectivity index (χ1n) is 5.93. The zero-order valence-corrected chi connectivity index (χ0v) is 11.4. The molecule has 108 valence electrons. The number of hydrogen-bond acceptors (Lipinski definition) is 3. The van der Waals surface area contributed by atoms with E-state index < -0.39 is 17.6 Å². The van der Waals surface area contributed by atoms with Crippen molar-refractivity contribution < 1.29 is 17.6 Å². The van der Waals surface area contributed by atoms with Crippen LogP contribution in [0.2, 0.25) is 0 Å². The van der Waals surface area contributed by atoms with Crippen molar-refractivity contribution in [3.63, 3.8) is 0 Å². The molecule has 0 aliphatic heterocycles. The van der Waals surface area contributed by atoms with E-state index in [4.69, 9.17) is 0 Å². The SMILES string of the molecule is CCNCc1csc(-c2cc(F)cc(C(F)(F)F)c2)n1. The Morgan fingerprint density at radius 2 is 2.00 bits per heavy atom. The second kappa shape index (κ2) is 5.88. The number of halogens is 4. The Hall–Kier alpha value is -1.47. The van der Waals surface area contributed by atoms with Gasteiger partial charge in [-0.25, -0.2) is 9.37 Å². The van der Waals surface area contributed by atoms with Gasteiger partial charge in [-0.15, -0.1) is 11.3 Å². The molecule has 0 saturated carbocycles. The molecule has 1 aromatic heterocycles. The summed E-state index contributed by atoms with van der Waals surface area (Å²) < 4.78 is 51.2. The van der Waals surface area contributed by atoms with E-state index in [0.717, 1.165) is 24.4 Å². The molecule has 0 fully saturated rings. The minimum atomic E-state index is -4.57. The highest BCUT2D eigenvalue weighted by Crippen LogP contribution is 2.34. The average Bonchev–Trinajstić information content (AvgIpc) is 2.83. The molecular formula is C13H12F4N2S. The Balaban J connectivity index is 2.32. The van der Waals surface area contributed by atoms with E-state index in [2.05, 4.69) is 10.3 Å². The van der Waals surface area contributed by atoms with Gasteiger partial charge in [-0.05, 0) is 24.7 Å². The molecule has 0 radical (unpaired) electrons. The Kier molecular flexibility index (Phi) is 4.39. The quantitative estimate of drug-likeness (QED) is 0.861. The van der Waals surface area contributed by atoms with Crippen LogP contribution in [-0.4, -0.2) is 11.5 Å². The highest BCUT2D eigenvalue weighted by atomic mass is 32.1. The summed E-state index contributed by atoms with van der Waals surface area (Å²) in [6, 6.07) is 2.46. The minimum absolute atomic E-state index is 0.144. The number of hydrogen-bond donors (Lipinski definition) is 1. The van der Waals surface area contributed by atoms with Crippen LogP contribution in [-0.2, 0) is 12.7 Å². The molecule has 2 rings (SSSR count). The molecule has 0 amide bonds. The Labute approximate surface area is 117 Å². The van der Waals surface area contributed by atoms with Crippen LogP contribution in [0.25, 0.3) is 10.6 Å². The van der Waals surface area contributed by atoms with E-state index in [0.29, 0.717) is 17.6 Å². The third kappa shape index (κ3) is 3.55. The zero-order valence-electron chi connectivity index (χ0n) is 10.6. The summed E-state index contributed by atoms with van der Waals surface area (Å²) in [7, 11) is 0. The van der Waals surface area contributed by atoms with Gasteiger partial charge >= 0.3 is 6.18 Å². The normalized spacial score (nSPS) is 11.8. The lowest BCUT2D eigenvalue weighted by molar-refractivity contribution is -0.137. The molecule has 7 heteroatoms. The van der Waals surface area contributed by atoms with E-state index in [1.54, 1.807) is 5.38 Å². The number of benzene rings is 1. The lowest BCUT2D eigenvalue weighted by atomic mass is 10.1. The molecule has 0 aliphatic carbocycles. The Morgan fingerprint density at radius 3 is 2.65 bits per heavy atom. The second-order valence-corrected chi connectivity index (χ2v) is 5.01. The molecule has 0 spiro atoms. The first-order chi connectivity index (χ1) is 9.40. The van der Waals surface area contributed by atoms with E-state index in [9.17, 15) is 17.6 Å². The van der Waals surface area contributed by atoms with Crippen LogP contribution in [0.5, 0.6) is 0 Å². The van der Waals surface area contributed by atoms with Crippen molar-refractivity contribution in [3.8, 4) is 10.6 Å². The smallest absolute Gasteiger partial charge is 0.311 e. The summed E-state index contributed by atoms with van der Waals surface area (Å²) in [6.07, 6.45) is -4.57. The van der Waals surface area contributed by atoms with Gasteiger partial charge in [0.05, 0.1) is 11.3 Å². The van der Waals surface area contributed by atoms with Crippen molar-refractivity contribution in [2.75, 3.05) is 6.54 Å².